The molecule has 1 atom stereocenters. The molecule has 0 radical (unpaired) electrons. The van der Waals surface area contributed by atoms with Gasteiger partial charge < -0.3 is 19.7 Å². The second-order valence-corrected chi connectivity index (χ2v) is 13.3. The lowest BCUT2D eigenvalue weighted by Gasteiger charge is -2.30. The number of carbonyl (C=O) groups excluding carboxylic acids is 2. The highest BCUT2D eigenvalue weighted by Crippen LogP contribution is 2.35. The molecule has 1 unspecified atom stereocenters. The molecule has 216 valence electrons. The molecule has 0 spiro atoms. The second-order valence-electron chi connectivity index (χ2n) is 10.4. The summed E-state index contributed by atoms with van der Waals surface area (Å²) in [7, 11) is -3.40. The van der Waals surface area contributed by atoms with Gasteiger partial charge >= 0.3 is 5.97 Å². The maximum atomic E-state index is 13.3. The van der Waals surface area contributed by atoms with Crippen LogP contribution < -0.4 is 5.32 Å². The van der Waals surface area contributed by atoms with Crippen LogP contribution in [-0.4, -0.2) is 54.5 Å². The topological polar surface area (TPSA) is 134 Å². The van der Waals surface area contributed by atoms with Crippen molar-refractivity contribution in [3.8, 4) is 0 Å². The molecule has 2 aliphatic rings. The number of halogens is 2. The van der Waals surface area contributed by atoms with E-state index >= 15 is 0 Å². The number of carboxylic acid groups (broad SMARTS) is 1. The molecule has 42 heavy (non-hydrogen) atoms. The van der Waals surface area contributed by atoms with Gasteiger partial charge in [-0.3, -0.25) is 9.59 Å². The molecule has 0 aliphatic carbocycles. The number of carbonyl (C=O) groups is 3. The molecule has 3 aromatic carbocycles. The lowest BCUT2D eigenvalue weighted by Crippen LogP contribution is -2.42. The molecular formula is C30H24Cl2N2O7S. The van der Waals surface area contributed by atoms with E-state index in [2.05, 4.69) is 5.32 Å². The van der Waals surface area contributed by atoms with Crippen LogP contribution >= 0.6 is 23.2 Å². The van der Waals surface area contributed by atoms with Crippen molar-refractivity contribution in [3.05, 3.63) is 98.2 Å². The van der Waals surface area contributed by atoms with Crippen molar-refractivity contribution in [2.75, 3.05) is 12.3 Å². The number of sulfone groups is 1. The maximum absolute atomic E-state index is 13.3. The standard InChI is InChI=1S/C30H24Cl2N2O7S/c31-22-13-20-15-34(29(36)19-4-3-17-6-9-41-24(17)14-19)8-5-21(20)27(32)26(22)28(35)33-23(30(37)38)11-16-1-2-18-7-10-42(39,40)25(18)12-16/h1-4,6,9,12-14,23H,5,7-8,10-11,15H2,(H,33,35)(H,37,38). The van der Waals surface area contributed by atoms with Crippen molar-refractivity contribution in [2.45, 2.75) is 36.7 Å². The summed E-state index contributed by atoms with van der Waals surface area (Å²) in [6, 6.07) is 12.1. The van der Waals surface area contributed by atoms with Crippen molar-refractivity contribution in [3.63, 3.8) is 0 Å². The van der Waals surface area contributed by atoms with E-state index in [0.29, 0.717) is 52.8 Å². The highest BCUT2D eigenvalue weighted by atomic mass is 35.5. The first-order valence-corrected chi connectivity index (χ1v) is 15.6. The number of furan rings is 1. The van der Waals surface area contributed by atoms with E-state index in [9.17, 15) is 27.9 Å². The average molecular weight is 628 g/mol. The lowest BCUT2D eigenvalue weighted by atomic mass is 9.95. The van der Waals surface area contributed by atoms with Crippen LogP contribution in [0.3, 0.4) is 0 Å². The first-order valence-electron chi connectivity index (χ1n) is 13.2. The van der Waals surface area contributed by atoms with Gasteiger partial charge in [0.1, 0.15) is 11.6 Å². The van der Waals surface area contributed by atoms with Crippen LogP contribution in [0.15, 0.2) is 64.1 Å². The fourth-order valence-corrected chi connectivity index (χ4v) is 7.92. The van der Waals surface area contributed by atoms with E-state index in [0.717, 1.165) is 5.39 Å². The molecule has 0 bridgehead atoms. The molecule has 0 saturated heterocycles. The largest absolute Gasteiger partial charge is 0.480 e. The minimum atomic E-state index is -3.40. The Morgan fingerprint density at radius 2 is 1.83 bits per heavy atom. The van der Waals surface area contributed by atoms with E-state index in [1.54, 1.807) is 41.5 Å². The maximum Gasteiger partial charge on any atom is 0.326 e. The van der Waals surface area contributed by atoms with Gasteiger partial charge in [-0.25, -0.2) is 13.2 Å². The summed E-state index contributed by atoms with van der Waals surface area (Å²) in [5, 5.41) is 13.3. The molecule has 2 aliphatic heterocycles. The molecule has 1 aromatic heterocycles. The van der Waals surface area contributed by atoms with Gasteiger partial charge in [-0.15, -0.1) is 0 Å². The van der Waals surface area contributed by atoms with Crippen LogP contribution in [0.5, 0.6) is 0 Å². The van der Waals surface area contributed by atoms with Crippen molar-refractivity contribution in [1.82, 2.24) is 10.2 Å². The predicted molar refractivity (Wildman–Crippen MR) is 156 cm³/mol. The molecule has 3 heterocycles. The monoisotopic (exact) mass is 626 g/mol. The first-order chi connectivity index (χ1) is 20.0. The summed E-state index contributed by atoms with van der Waals surface area (Å²) >= 11 is 13.2. The normalized spacial score (nSPS) is 16.1. The molecule has 12 heteroatoms. The van der Waals surface area contributed by atoms with Gasteiger partial charge in [0.2, 0.25) is 0 Å². The summed E-state index contributed by atoms with van der Waals surface area (Å²) in [5.74, 6) is -2.22. The Bertz CT molecular complexity index is 1900. The fraction of sp³-hybridized carbons (Fsp3) is 0.233. The molecule has 2 N–H and O–H groups in total. The summed E-state index contributed by atoms with van der Waals surface area (Å²) in [6.45, 7) is 0.577. The van der Waals surface area contributed by atoms with Crippen molar-refractivity contribution < 1.29 is 32.3 Å². The minimum Gasteiger partial charge on any atom is -0.480 e. The number of nitrogens with zero attached hydrogens (tertiary/aromatic N) is 1. The zero-order valence-electron chi connectivity index (χ0n) is 22.0. The third-order valence-electron chi connectivity index (χ3n) is 7.77. The van der Waals surface area contributed by atoms with Gasteiger partial charge in [0.05, 0.1) is 32.5 Å². The van der Waals surface area contributed by atoms with Crippen molar-refractivity contribution in [2.24, 2.45) is 0 Å². The molecule has 6 rings (SSSR count). The number of hydrogen-bond donors (Lipinski definition) is 2. The zero-order valence-corrected chi connectivity index (χ0v) is 24.4. The van der Waals surface area contributed by atoms with Gasteiger partial charge in [0.25, 0.3) is 11.8 Å². The Balaban J connectivity index is 1.20. The number of benzene rings is 3. The van der Waals surface area contributed by atoms with E-state index in [4.69, 9.17) is 27.6 Å². The summed E-state index contributed by atoms with van der Waals surface area (Å²) in [6.07, 6.45) is 2.21. The Hall–Kier alpha value is -3.86. The van der Waals surface area contributed by atoms with Crippen LogP contribution in [0.2, 0.25) is 10.0 Å². The van der Waals surface area contributed by atoms with Crippen LogP contribution in [-0.2, 0) is 40.4 Å². The van der Waals surface area contributed by atoms with Crippen LogP contribution in [0, 0.1) is 0 Å². The molecule has 9 nitrogen and oxygen atoms in total. The zero-order chi connectivity index (χ0) is 29.8. The SMILES string of the molecule is O=C(NC(Cc1ccc2c(c1)S(=O)(=O)CC2)C(=O)O)c1c(Cl)cc2c(c1Cl)CCN(C(=O)c1ccc3ccoc3c1)C2. The molecule has 2 amide bonds. The van der Waals surface area contributed by atoms with Gasteiger partial charge in [-0.2, -0.15) is 0 Å². The van der Waals surface area contributed by atoms with Crippen LogP contribution in [0.4, 0.5) is 0 Å². The van der Waals surface area contributed by atoms with Gasteiger partial charge in [0, 0.05) is 30.5 Å². The molecule has 4 aromatic rings. The highest BCUT2D eigenvalue weighted by molar-refractivity contribution is 7.91. The molecule has 0 saturated carbocycles. The van der Waals surface area contributed by atoms with Crippen molar-refractivity contribution in [1.29, 1.82) is 0 Å². The molecular weight excluding hydrogens is 603 g/mol. The Morgan fingerprint density at radius 1 is 1.02 bits per heavy atom. The third-order valence-corrected chi connectivity index (χ3v) is 10.3. The second kappa shape index (κ2) is 10.8. The quantitative estimate of drug-likeness (QED) is 0.317. The fourth-order valence-electron chi connectivity index (χ4n) is 5.55. The summed E-state index contributed by atoms with van der Waals surface area (Å²) in [5.41, 5.74) is 3.55. The van der Waals surface area contributed by atoms with Gasteiger partial charge in [0.15, 0.2) is 9.84 Å². The number of hydrogen-bond acceptors (Lipinski definition) is 6. The number of aliphatic carboxylic acids is 1. The summed E-state index contributed by atoms with van der Waals surface area (Å²) < 4.78 is 30.0. The number of carboxylic acids is 1. The van der Waals surface area contributed by atoms with E-state index < -0.39 is 27.8 Å². The summed E-state index contributed by atoms with van der Waals surface area (Å²) in [4.78, 5) is 40.4. The Labute approximate surface area is 250 Å². The number of aryl methyl sites for hydroxylation is 1. The lowest BCUT2D eigenvalue weighted by molar-refractivity contribution is -0.139. The third kappa shape index (κ3) is 5.14. The van der Waals surface area contributed by atoms with E-state index in [1.807, 2.05) is 12.1 Å². The van der Waals surface area contributed by atoms with Crippen LogP contribution in [0.1, 0.15) is 43.0 Å². The van der Waals surface area contributed by atoms with E-state index in [1.165, 1.54) is 6.07 Å². The Morgan fingerprint density at radius 3 is 2.62 bits per heavy atom. The Kier molecular flexibility index (Phi) is 7.24. The van der Waals surface area contributed by atoms with Crippen LogP contribution in [0.25, 0.3) is 11.0 Å². The first kappa shape index (κ1) is 28.3. The number of amides is 2. The highest BCUT2D eigenvalue weighted by Gasteiger charge is 2.31. The predicted octanol–water partition coefficient (Wildman–Crippen LogP) is 4.69. The molecule has 0 fully saturated rings. The number of nitrogens with one attached hydrogen (secondary N) is 1. The average Bonchev–Trinajstić information content (AvgIpc) is 3.55. The van der Waals surface area contributed by atoms with Gasteiger partial charge in [-0.05, 0) is 65.4 Å². The van der Waals surface area contributed by atoms with Gasteiger partial charge in [-0.1, -0.05) is 41.4 Å². The van der Waals surface area contributed by atoms with E-state index in [-0.39, 0.29) is 45.1 Å². The number of rotatable bonds is 6. The number of fused-ring (bicyclic) bond motifs is 3. The minimum absolute atomic E-state index is 0.0207. The van der Waals surface area contributed by atoms with Crippen molar-refractivity contribution >= 4 is 61.8 Å². The smallest absolute Gasteiger partial charge is 0.326 e.